The van der Waals surface area contributed by atoms with Gasteiger partial charge >= 0.3 is 0 Å². The highest BCUT2D eigenvalue weighted by molar-refractivity contribution is 7.14. The Balaban J connectivity index is 2.10. The van der Waals surface area contributed by atoms with E-state index < -0.39 is 0 Å². The first-order chi connectivity index (χ1) is 10.7. The molecule has 0 spiro atoms. The van der Waals surface area contributed by atoms with Gasteiger partial charge in [0.2, 0.25) is 0 Å². The highest BCUT2D eigenvalue weighted by Crippen LogP contribution is 2.39. The molecule has 3 nitrogen and oxygen atoms in total. The van der Waals surface area contributed by atoms with Gasteiger partial charge in [-0.15, -0.1) is 11.3 Å². The molecule has 112 valence electrons. The summed E-state index contributed by atoms with van der Waals surface area (Å²) in [4.78, 5) is 9.72. The van der Waals surface area contributed by atoms with E-state index in [1.54, 1.807) is 11.3 Å². The molecule has 0 unspecified atom stereocenters. The van der Waals surface area contributed by atoms with Crippen molar-refractivity contribution in [2.45, 2.75) is 33.1 Å². The zero-order chi connectivity index (χ0) is 15.3. The van der Waals surface area contributed by atoms with Gasteiger partial charge in [0.15, 0.2) is 5.13 Å². The van der Waals surface area contributed by atoms with Crippen molar-refractivity contribution in [2.24, 2.45) is 0 Å². The largest absolute Gasteiger partial charge is 0.365 e. The Morgan fingerprint density at radius 1 is 1.14 bits per heavy atom. The number of anilines is 1. The molecule has 0 aliphatic heterocycles. The number of pyridine rings is 1. The number of thiazole rings is 1. The molecule has 4 rings (SSSR count). The van der Waals surface area contributed by atoms with Crippen LogP contribution in [0.25, 0.3) is 22.2 Å². The normalized spacial score (nSPS) is 13.6. The van der Waals surface area contributed by atoms with Crippen molar-refractivity contribution >= 4 is 27.4 Å². The van der Waals surface area contributed by atoms with Crippen LogP contribution in [0.2, 0.25) is 0 Å². The van der Waals surface area contributed by atoms with Gasteiger partial charge in [-0.1, -0.05) is 6.07 Å². The first-order valence-electron chi connectivity index (χ1n) is 7.73. The molecule has 3 aromatic rings. The highest BCUT2D eigenvalue weighted by Gasteiger charge is 2.23. The summed E-state index contributed by atoms with van der Waals surface area (Å²) in [6.07, 6.45) is 3.41. The van der Waals surface area contributed by atoms with Crippen LogP contribution < -0.4 is 5.32 Å². The summed E-state index contributed by atoms with van der Waals surface area (Å²) in [6, 6.07) is 4.45. The fraction of sp³-hybridized carbons (Fsp3) is 0.333. The Morgan fingerprint density at radius 2 is 2.00 bits per heavy atom. The predicted molar refractivity (Wildman–Crippen MR) is 93.9 cm³/mol. The third kappa shape index (κ3) is 2.02. The van der Waals surface area contributed by atoms with Crippen molar-refractivity contribution in [1.29, 1.82) is 0 Å². The van der Waals surface area contributed by atoms with Crippen LogP contribution in [0.3, 0.4) is 0 Å². The lowest BCUT2D eigenvalue weighted by Gasteiger charge is -2.13. The van der Waals surface area contributed by atoms with E-state index >= 15 is 0 Å². The van der Waals surface area contributed by atoms with Gasteiger partial charge in [-0.05, 0) is 55.9 Å². The zero-order valence-electron chi connectivity index (χ0n) is 13.2. The van der Waals surface area contributed by atoms with E-state index in [0.717, 1.165) is 29.2 Å². The number of aromatic nitrogens is 2. The minimum absolute atomic E-state index is 0.969. The molecule has 2 aromatic heterocycles. The van der Waals surface area contributed by atoms with Crippen LogP contribution in [-0.4, -0.2) is 17.0 Å². The molecular weight excluding hydrogens is 290 g/mol. The molecule has 22 heavy (non-hydrogen) atoms. The van der Waals surface area contributed by atoms with E-state index in [0.29, 0.717) is 0 Å². The minimum atomic E-state index is 0.969. The SMILES string of the molecule is CNc1nc(-c2c3c(nc4cc(C)cc(C)c24)CCC3)cs1. The molecule has 1 aromatic carbocycles. The maximum absolute atomic E-state index is 4.95. The lowest BCUT2D eigenvalue weighted by molar-refractivity contribution is 0.901. The molecule has 1 aliphatic rings. The lowest BCUT2D eigenvalue weighted by atomic mass is 9.95. The quantitative estimate of drug-likeness (QED) is 0.757. The third-order valence-electron chi connectivity index (χ3n) is 4.43. The van der Waals surface area contributed by atoms with Crippen LogP contribution in [0.1, 0.15) is 28.8 Å². The molecule has 0 radical (unpaired) electrons. The Kier molecular flexibility index (Phi) is 3.15. The molecule has 0 saturated heterocycles. The number of nitrogens with zero attached hydrogens (tertiary/aromatic N) is 2. The molecule has 0 amide bonds. The van der Waals surface area contributed by atoms with E-state index in [2.05, 4.69) is 36.7 Å². The molecule has 0 bridgehead atoms. The topological polar surface area (TPSA) is 37.8 Å². The average Bonchev–Trinajstić information content (AvgIpc) is 3.13. The third-order valence-corrected chi connectivity index (χ3v) is 5.29. The fourth-order valence-electron chi connectivity index (χ4n) is 3.56. The van der Waals surface area contributed by atoms with Crippen LogP contribution >= 0.6 is 11.3 Å². The van der Waals surface area contributed by atoms with E-state index in [4.69, 9.17) is 9.97 Å². The van der Waals surface area contributed by atoms with E-state index in [-0.39, 0.29) is 0 Å². The average molecular weight is 309 g/mol. The van der Waals surface area contributed by atoms with Gasteiger partial charge < -0.3 is 5.32 Å². The standard InChI is InChI=1S/C18H19N3S/c1-10-7-11(2)16-14(8-10)20-13-6-4-5-12(13)17(16)15-9-22-18(19-3)21-15/h7-9H,4-6H2,1-3H3,(H,19,21). The Labute approximate surface area is 134 Å². The second-order valence-corrected chi connectivity index (χ2v) is 6.89. The molecule has 0 atom stereocenters. The van der Waals surface area contributed by atoms with Gasteiger partial charge in [0.1, 0.15) is 0 Å². The molecule has 0 saturated carbocycles. The molecule has 2 heterocycles. The Morgan fingerprint density at radius 3 is 2.77 bits per heavy atom. The monoisotopic (exact) mass is 309 g/mol. The molecule has 1 aliphatic carbocycles. The lowest BCUT2D eigenvalue weighted by Crippen LogP contribution is -1.98. The van der Waals surface area contributed by atoms with Crippen molar-refractivity contribution in [3.63, 3.8) is 0 Å². The minimum Gasteiger partial charge on any atom is -0.365 e. The van der Waals surface area contributed by atoms with Crippen LogP contribution in [0, 0.1) is 13.8 Å². The maximum Gasteiger partial charge on any atom is 0.182 e. The van der Waals surface area contributed by atoms with Crippen molar-refractivity contribution in [2.75, 3.05) is 12.4 Å². The van der Waals surface area contributed by atoms with Crippen LogP contribution in [-0.2, 0) is 12.8 Å². The summed E-state index contributed by atoms with van der Waals surface area (Å²) in [5, 5.41) is 7.56. The van der Waals surface area contributed by atoms with Crippen molar-refractivity contribution in [3.8, 4) is 11.3 Å². The second kappa shape index (κ2) is 5.06. The van der Waals surface area contributed by atoms with E-state index in [9.17, 15) is 0 Å². The Bertz CT molecular complexity index is 880. The molecule has 1 N–H and O–H groups in total. The van der Waals surface area contributed by atoms with Gasteiger partial charge in [0, 0.05) is 29.1 Å². The summed E-state index contributed by atoms with van der Waals surface area (Å²) in [7, 11) is 1.92. The van der Waals surface area contributed by atoms with E-state index in [1.165, 1.54) is 39.8 Å². The number of aryl methyl sites for hydroxylation is 3. The molecular formula is C18H19N3S. The van der Waals surface area contributed by atoms with Crippen LogP contribution in [0.4, 0.5) is 5.13 Å². The fourth-order valence-corrected chi connectivity index (χ4v) is 4.22. The maximum atomic E-state index is 4.95. The summed E-state index contributed by atoms with van der Waals surface area (Å²) < 4.78 is 0. The smallest absolute Gasteiger partial charge is 0.182 e. The summed E-state index contributed by atoms with van der Waals surface area (Å²) in [6.45, 7) is 4.33. The first kappa shape index (κ1) is 13.7. The molecule has 4 heteroatoms. The van der Waals surface area contributed by atoms with Crippen molar-refractivity contribution < 1.29 is 0 Å². The number of hydrogen-bond donors (Lipinski definition) is 1. The number of rotatable bonds is 2. The van der Waals surface area contributed by atoms with E-state index in [1.807, 2.05) is 7.05 Å². The highest BCUT2D eigenvalue weighted by atomic mass is 32.1. The number of hydrogen-bond acceptors (Lipinski definition) is 4. The predicted octanol–water partition coefficient (Wildman–Crippen LogP) is 4.51. The Hall–Kier alpha value is -1.94. The van der Waals surface area contributed by atoms with Gasteiger partial charge in [0.25, 0.3) is 0 Å². The van der Waals surface area contributed by atoms with Crippen LogP contribution in [0.15, 0.2) is 17.5 Å². The summed E-state index contributed by atoms with van der Waals surface area (Å²) in [5.74, 6) is 0. The van der Waals surface area contributed by atoms with Gasteiger partial charge in [-0.2, -0.15) is 0 Å². The van der Waals surface area contributed by atoms with Crippen molar-refractivity contribution in [1.82, 2.24) is 9.97 Å². The summed E-state index contributed by atoms with van der Waals surface area (Å²) >= 11 is 1.66. The second-order valence-electron chi connectivity index (χ2n) is 6.03. The summed E-state index contributed by atoms with van der Waals surface area (Å²) in [5.41, 5.74) is 8.77. The van der Waals surface area contributed by atoms with Gasteiger partial charge in [0.05, 0.1) is 11.2 Å². The zero-order valence-corrected chi connectivity index (χ0v) is 14.0. The first-order valence-corrected chi connectivity index (χ1v) is 8.61. The number of nitrogens with one attached hydrogen (secondary N) is 1. The number of benzene rings is 1. The van der Waals surface area contributed by atoms with Gasteiger partial charge in [-0.3, -0.25) is 4.98 Å². The van der Waals surface area contributed by atoms with Gasteiger partial charge in [-0.25, -0.2) is 4.98 Å². The number of fused-ring (bicyclic) bond motifs is 2. The molecule has 0 fully saturated rings. The van der Waals surface area contributed by atoms with Crippen molar-refractivity contribution in [3.05, 3.63) is 39.9 Å². The van der Waals surface area contributed by atoms with Crippen LogP contribution in [0.5, 0.6) is 0 Å².